The van der Waals surface area contributed by atoms with E-state index in [0.717, 1.165) is 15.5 Å². The number of nitro benzene ring substituents is 1. The lowest BCUT2D eigenvalue weighted by molar-refractivity contribution is -0.384. The van der Waals surface area contributed by atoms with E-state index in [9.17, 15) is 10.1 Å². The van der Waals surface area contributed by atoms with E-state index in [0.29, 0.717) is 0 Å². The lowest BCUT2D eigenvalue weighted by atomic mass is 10.3. The molecule has 0 saturated heterocycles. The summed E-state index contributed by atoms with van der Waals surface area (Å²) in [6.07, 6.45) is 0. The van der Waals surface area contributed by atoms with Crippen LogP contribution in [0.15, 0.2) is 58.3 Å². The van der Waals surface area contributed by atoms with Crippen LogP contribution >= 0.6 is 11.8 Å². The van der Waals surface area contributed by atoms with Crippen LogP contribution in [0.4, 0.5) is 11.4 Å². The highest BCUT2D eigenvalue weighted by Crippen LogP contribution is 2.30. The second-order valence-electron chi connectivity index (χ2n) is 4.24. The van der Waals surface area contributed by atoms with Gasteiger partial charge < -0.3 is 4.90 Å². The summed E-state index contributed by atoms with van der Waals surface area (Å²) in [5, 5.41) is 10.6. The van der Waals surface area contributed by atoms with Gasteiger partial charge in [0.2, 0.25) is 0 Å². The molecule has 2 rings (SSSR count). The molecule has 0 bridgehead atoms. The summed E-state index contributed by atoms with van der Waals surface area (Å²) < 4.78 is 0. The molecule has 0 saturated carbocycles. The van der Waals surface area contributed by atoms with Crippen LogP contribution in [0.1, 0.15) is 0 Å². The van der Waals surface area contributed by atoms with Gasteiger partial charge in [0, 0.05) is 41.7 Å². The van der Waals surface area contributed by atoms with Gasteiger partial charge in [-0.15, -0.1) is 0 Å². The van der Waals surface area contributed by atoms with Gasteiger partial charge in [0.05, 0.1) is 4.92 Å². The molecule has 0 aliphatic rings. The molecule has 5 heteroatoms. The number of anilines is 1. The average Bonchev–Trinajstić information content (AvgIpc) is 2.40. The number of non-ortho nitro benzene ring substituents is 1. The topological polar surface area (TPSA) is 46.4 Å². The fraction of sp³-hybridized carbons (Fsp3) is 0.143. The molecule has 2 aromatic rings. The average molecular weight is 274 g/mol. The van der Waals surface area contributed by atoms with Crippen molar-refractivity contribution in [3.05, 3.63) is 58.6 Å². The zero-order chi connectivity index (χ0) is 13.8. The van der Waals surface area contributed by atoms with E-state index in [2.05, 4.69) is 0 Å². The maximum absolute atomic E-state index is 10.6. The molecule has 0 unspecified atom stereocenters. The van der Waals surface area contributed by atoms with Crippen LogP contribution in [0.5, 0.6) is 0 Å². The van der Waals surface area contributed by atoms with Crippen LogP contribution in [0, 0.1) is 10.1 Å². The Balaban J connectivity index is 2.10. The lowest BCUT2D eigenvalue weighted by Gasteiger charge is -2.12. The van der Waals surface area contributed by atoms with Crippen molar-refractivity contribution in [2.45, 2.75) is 9.79 Å². The molecule has 0 aliphatic heterocycles. The number of benzene rings is 2. The summed E-state index contributed by atoms with van der Waals surface area (Å²) in [5.74, 6) is 0. The van der Waals surface area contributed by atoms with Gasteiger partial charge in [-0.25, -0.2) is 0 Å². The van der Waals surface area contributed by atoms with Crippen molar-refractivity contribution in [2.24, 2.45) is 0 Å². The first kappa shape index (κ1) is 13.4. The van der Waals surface area contributed by atoms with Gasteiger partial charge in [-0.2, -0.15) is 0 Å². The minimum atomic E-state index is -0.389. The number of nitrogens with zero attached hydrogens (tertiary/aromatic N) is 2. The van der Waals surface area contributed by atoms with E-state index in [-0.39, 0.29) is 10.6 Å². The molecule has 0 radical (unpaired) electrons. The molecule has 0 aromatic heterocycles. The molecule has 0 fully saturated rings. The standard InChI is InChI=1S/C14H14N2O2S/c1-15(2)11-3-7-13(8-4-11)19-14-9-5-12(6-10-14)16(17)18/h3-10H,1-2H3. The van der Waals surface area contributed by atoms with Gasteiger partial charge >= 0.3 is 0 Å². The summed E-state index contributed by atoms with van der Waals surface area (Å²) in [6, 6.07) is 14.8. The highest BCUT2D eigenvalue weighted by molar-refractivity contribution is 7.99. The van der Waals surface area contributed by atoms with Crippen molar-refractivity contribution < 1.29 is 4.92 Å². The first-order chi connectivity index (χ1) is 9.06. The monoisotopic (exact) mass is 274 g/mol. The number of rotatable bonds is 4. The zero-order valence-corrected chi connectivity index (χ0v) is 11.6. The third-order valence-corrected chi connectivity index (χ3v) is 3.65. The number of hydrogen-bond acceptors (Lipinski definition) is 4. The van der Waals surface area contributed by atoms with Gasteiger partial charge in [0.25, 0.3) is 5.69 Å². The maximum Gasteiger partial charge on any atom is 0.269 e. The number of nitro groups is 1. The van der Waals surface area contributed by atoms with Gasteiger partial charge in [-0.05, 0) is 36.4 Å². The van der Waals surface area contributed by atoms with Gasteiger partial charge in [0.15, 0.2) is 0 Å². The largest absolute Gasteiger partial charge is 0.378 e. The van der Waals surface area contributed by atoms with Crippen LogP contribution in [0.2, 0.25) is 0 Å². The predicted molar refractivity (Wildman–Crippen MR) is 78.0 cm³/mol. The minimum absolute atomic E-state index is 0.118. The molecule has 4 nitrogen and oxygen atoms in total. The van der Waals surface area contributed by atoms with Crippen molar-refractivity contribution in [1.82, 2.24) is 0 Å². The summed E-state index contributed by atoms with van der Waals surface area (Å²) in [5.41, 5.74) is 1.26. The van der Waals surface area contributed by atoms with E-state index in [1.165, 1.54) is 12.1 Å². The molecule has 0 atom stereocenters. The number of hydrogen-bond donors (Lipinski definition) is 0. The van der Waals surface area contributed by atoms with Crippen LogP contribution in [0.25, 0.3) is 0 Å². The fourth-order valence-electron chi connectivity index (χ4n) is 1.58. The van der Waals surface area contributed by atoms with Crippen molar-refractivity contribution >= 4 is 23.1 Å². The molecule has 0 spiro atoms. The smallest absolute Gasteiger partial charge is 0.269 e. The van der Waals surface area contributed by atoms with E-state index in [1.54, 1.807) is 23.9 Å². The Kier molecular flexibility index (Phi) is 4.06. The van der Waals surface area contributed by atoms with E-state index in [4.69, 9.17) is 0 Å². The van der Waals surface area contributed by atoms with Gasteiger partial charge in [-0.3, -0.25) is 10.1 Å². The molecule has 0 heterocycles. The summed E-state index contributed by atoms with van der Waals surface area (Å²) >= 11 is 1.59. The summed E-state index contributed by atoms with van der Waals surface area (Å²) in [6.45, 7) is 0. The van der Waals surface area contributed by atoms with Gasteiger partial charge in [0.1, 0.15) is 0 Å². The van der Waals surface area contributed by atoms with Crippen LogP contribution in [-0.4, -0.2) is 19.0 Å². The maximum atomic E-state index is 10.6. The Morgan fingerprint density at radius 2 is 1.42 bits per heavy atom. The summed E-state index contributed by atoms with van der Waals surface area (Å²) in [7, 11) is 4.00. The molecule has 0 N–H and O–H groups in total. The van der Waals surface area contributed by atoms with Gasteiger partial charge in [-0.1, -0.05) is 11.8 Å². The molecule has 98 valence electrons. The van der Waals surface area contributed by atoms with Crippen LogP contribution in [0.3, 0.4) is 0 Å². The molecule has 0 amide bonds. The first-order valence-electron chi connectivity index (χ1n) is 5.76. The van der Waals surface area contributed by atoms with Crippen LogP contribution in [-0.2, 0) is 0 Å². The lowest BCUT2D eigenvalue weighted by Crippen LogP contribution is -2.07. The Morgan fingerprint density at radius 3 is 1.84 bits per heavy atom. The Hall–Kier alpha value is -2.01. The molecular formula is C14H14N2O2S. The molecular weight excluding hydrogens is 260 g/mol. The van der Waals surface area contributed by atoms with Crippen molar-refractivity contribution in [2.75, 3.05) is 19.0 Å². The van der Waals surface area contributed by atoms with Crippen molar-refractivity contribution in [3.8, 4) is 0 Å². The van der Waals surface area contributed by atoms with Crippen molar-refractivity contribution in [1.29, 1.82) is 0 Å². The van der Waals surface area contributed by atoms with E-state index >= 15 is 0 Å². The first-order valence-corrected chi connectivity index (χ1v) is 6.57. The highest BCUT2D eigenvalue weighted by atomic mass is 32.2. The minimum Gasteiger partial charge on any atom is -0.378 e. The van der Waals surface area contributed by atoms with E-state index in [1.807, 2.05) is 43.3 Å². The third kappa shape index (κ3) is 3.48. The normalized spacial score (nSPS) is 10.2. The fourth-order valence-corrected chi connectivity index (χ4v) is 2.40. The highest BCUT2D eigenvalue weighted by Gasteiger charge is 2.05. The zero-order valence-electron chi connectivity index (χ0n) is 10.7. The molecule has 0 aliphatic carbocycles. The predicted octanol–water partition coefficient (Wildman–Crippen LogP) is 3.81. The van der Waals surface area contributed by atoms with Crippen LogP contribution < -0.4 is 4.90 Å². The molecule has 2 aromatic carbocycles. The van der Waals surface area contributed by atoms with E-state index < -0.39 is 0 Å². The quantitative estimate of drug-likeness (QED) is 0.628. The summed E-state index contributed by atoms with van der Waals surface area (Å²) in [4.78, 5) is 14.3. The molecule has 19 heavy (non-hydrogen) atoms. The third-order valence-electron chi connectivity index (χ3n) is 2.64. The second-order valence-corrected chi connectivity index (χ2v) is 5.39. The Labute approximate surface area is 116 Å². The Bertz CT molecular complexity index is 565. The van der Waals surface area contributed by atoms with Crippen molar-refractivity contribution in [3.63, 3.8) is 0 Å². The Morgan fingerprint density at radius 1 is 0.947 bits per heavy atom. The second kappa shape index (κ2) is 5.75. The SMILES string of the molecule is CN(C)c1ccc(Sc2ccc([N+](=O)[O-])cc2)cc1.